The van der Waals surface area contributed by atoms with Crippen molar-refractivity contribution in [3.05, 3.63) is 12.2 Å². The lowest BCUT2D eigenvalue weighted by Gasteiger charge is -2.12. The Balaban J connectivity index is 2.39. The first-order valence-corrected chi connectivity index (χ1v) is 4.47. The molecule has 0 saturated carbocycles. The van der Waals surface area contributed by atoms with Crippen LogP contribution in [0.5, 0.6) is 0 Å². The molecule has 1 heteroatoms. The Kier molecular flexibility index (Phi) is 2.86. The number of rotatable bonds is 3. The summed E-state index contributed by atoms with van der Waals surface area (Å²) < 4.78 is 0. The lowest BCUT2D eigenvalue weighted by Crippen LogP contribution is -2.12. The van der Waals surface area contributed by atoms with E-state index >= 15 is 0 Å². The molecule has 0 bridgehead atoms. The molecule has 0 radical (unpaired) electrons. The number of hydrogen-bond acceptors (Lipinski definition) is 1. The molecule has 0 aromatic rings. The van der Waals surface area contributed by atoms with Crippen molar-refractivity contribution >= 4 is 5.78 Å². The van der Waals surface area contributed by atoms with Crippen molar-refractivity contribution in [3.63, 3.8) is 0 Å². The zero-order valence-corrected chi connectivity index (χ0v) is 7.34. The second kappa shape index (κ2) is 3.70. The first-order chi connectivity index (χ1) is 5.25. The van der Waals surface area contributed by atoms with Gasteiger partial charge in [-0.15, -0.1) is 0 Å². The van der Waals surface area contributed by atoms with Crippen LogP contribution in [0.1, 0.15) is 33.1 Å². The average Bonchev–Trinajstić information content (AvgIpc) is 2.29. The van der Waals surface area contributed by atoms with Gasteiger partial charge in [-0.05, 0) is 18.4 Å². The van der Waals surface area contributed by atoms with Gasteiger partial charge in [-0.2, -0.15) is 0 Å². The van der Waals surface area contributed by atoms with Gasteiger partial charge in [0, 0.05) is 5.92 Å². The lowest BCUT2D eigenvalue weighted by molar-refractivity contribution is -0.118. The molecule has 0 spiro atoms. The molecule has 0 N–H and O–H groups in total. The molecule has 1 aliphatic carbocycles. The fraction of sp³-hybridized carbons (Fsp3) is 0.700. The van der Waals surface area contributed by atoms with E-state index in [2.05, 4.69) is 13.8 Å². The minimum absolute atomic E-state index is 0.301. The van der Waals surface area contributed by atoms with Gasteiger partial charge >= 0.3 is 0 Å². The second-order valence-corrected chi connectivity index (χ2v) is 3.37. The second-order valence-electron chi connectivity index (χ2n) is 3.37. The van der Waals surface area contributed by atoms with Crippen molar-refractivity contribution in [1.29, 1.82) is 0 Å². The molecule has 0 aliphatic heterocycles. The quantitative estimate of drug-likeness (QED) is 0.607. The summed E-state index contributed by atoms with van der Waals surface area (Å²) in [7, 11) is 0. The van der Waals surface area contributed by atoms with E-state index in [0.29, 0.717) is 17.6 Å². The lowest BCUT2D eigenvalue weighted by atomic mass is 9.91. The van der Waals surface area contributed by atoms with Gasteiger partial charge in [0.25, 0.3) is 0 Å². The number of carbonyl (C=O) groups is 1. The van der Waals surface area contributed by atoms with Crippen LogP contribution < -0.4 is 0 Å². The highest BCUT2D eigenvalue weighted by molar-refractivity contribution is 5.94. The molecule has 0 unspecified atom stereocenters. The van der Waals surface area contributed by atoms with Crippen LogP contribution >= 0.6 is 0 Å². The predicted octanol–water partition coefficient (Wildman–Crippen LogP) is 2.57. The predicted molar refractivity (Wildman–Crippen MR) is 46.3 cm³/mol. The monoisotopic (exact) mass is 152 g/mol. The first-order valence-electron chi connectivity index (χ1n) is 4.47. The van der Waals surface area contributed by atoms with Gasteiger partial charge in [-0.3, -0.25) is 4.79 Å². The van der Waals surface area contributed by atoms with Crippen LogP contribution in [0.15, 0.2) is 12.2 Å². The van der Waals surface area contributed by atoms with Crippen molar-refractivity contribution in [2.24, 2.45) is 11.8 Å². The van der Waals surface area contributed by atoms with Gasteiger partial charge in [0.1, 0.15) is 0 Å². The van der Waals surface area contributed by atoms with E-state index in [1.54, 1.807) is 6.08 Å². The van der Waals surface area contributed by atoms with Gasteiger partial charge in [-0.25, -0.2) is 0 Å². The van der Waals surface area contributed by atoms with E-state index in [4.69, 9.17) is 0 Å². The molecule has 1 aliphatic rings. The molecule has 1 rings (SSSR count). The molecule has 0 amide bonds. The maximum Gasteiger partial charge on any atom is 0.159 e. The molecule has 0 aromatic carbocycles. The maximum absolute atomic E-state index is 11.2. The summed E-state index contributed by atoms with van der Waals surface area (Å²) in [6.45, 7) is 4.29. The number of carbonyl (C=O) groups excluding carboxylic acids is 1. The Hall–Kier alpha value is -0.590. The third kappa shape index (κ3) is 1.92. The Morgan fingerprint density at radius 3 is 2.73 bits per heavy atom. The van der Waals surface area contributed by atoms with Crippen LogP contribution in [0.25, 0.3) is 0 Å². The normalized spacial score (nSPS) is 29.8. The summed E-state index contributed by atoms with van der Waals surface area (Å²) in [5.74, 6) is 1.12. The topological polar surface area (TPSA) is 17.1 Å². The Labute approximate surface area is 68.5 Å². The van der Waals surface area contributed by atoms with E-state index in [1.165, 1.54) is 12.8 Å². The van der Waals surface area contributed by atoms with Gasteiger partial charge < -0.3 is 0 Å². The van der Waals surface area contributed by atoms with E-state index in [1.807, 2.05) is 6.08 Å². The van der Waals surface area contributed by atoms with E-state index < -0.39 is 0 Å². The Bertz CT molecular complexity index is 170. The summed E-state index contributed by atoms with van der Waals surface area (Å²) in [4.78, 5) is 11.2. The molecule has 2 atom stereocenters. The van der Waals surface area contributed by atoms with Gasteiger partial charge in [0.2, 0.25) is 0 Å². The SMILES string of the molecule is CCCC[C@@H]1C(=O)C=C[C@H]1C. The number of allylic oxidation sites excluding steroid dienone is 2. The fourth-order valence-electron chi connectivity index (χ4n) is 1.59. The third-order valence-corrected chi connectivity index (χ3v) is 2.43. The smallest absolute Gasteiger partial charge is 0.159 e. The van der Waals surface area contributed by atoms with Gasteiger partial charge in [0.05, 0.1) is 0 Å². The van der Waals surface area contributed by atoms with Crippen LogP contribution in [-0.2, 0) is 4.79 Å². The molecule has 0 fully saturated rings. The summed E-state index contributed by atoms with van der Waals surface area (Å²) in [5.41, 5.74) is 0. The van der Waals surface area contributed by atoms with Crippen molar-refractivity contribution in [3.8, 4) is 0 Å². The van der Waals surface area contributed by atoms with Gasteiger partial charge in [-0.1, -0.05) is 32.8 Å². The summed E-state index contributed by atoms with van der Waals surface area (Å²) in [5, 5.41) is 0. The standard InChI is InChI=1S/C10H16O/c1-3-4-5-9-8(2)6-7-10(9)11/h6-9H,3-5H2,1-2H3/t8-,9+/m1/s1. The molecule has 0 saturated heterocycles. The number of ketones is 1. The molecule has 1 nitrogen and oxygen atoms in total. The third-order valence-electron chi connectivity index (χ3n) is 2.43. The molecule has 62 valence electrons. The van der Waals surface area contributed by atoms with Crippen molar-refractivity contribution in [1.82, 2.24) is 0 Å². The fourth-order valence-corrected chi connectivity index (χ4v) is 1.59. The van der Waals surface area contributed by atoms with Crippen LogP contribution in [0.3, 0.4) is 0 Å². The highest BCUT2D eigenvalue weighted by atomic mass is 16.1. The largest absolute Gasteiger partial charge is 0.295 e. The zero-order valence-electron chi connectivity index (χ0n) is 7.34. The van der Waals surface area contributed by atoms with E-state index in [9.17, 15) is 4.79 Å². The summed E-state index contributed by atoms with van der Waals surface area (Å²) in [6.07, 6.45) is 7.22. The van der Waals surface area contributed by atoms with Crippen LogP contribution in [0.2, 0.25) is 0 Å². The van der Waals surface area contributed by atoms with Crippen LogP contribution in [0, 0.1) is 11.8 Å². The molecular formula is C10H16O. The van der Waals surface area contributed by atoms with Gasteiger partial charge in [0.15, 0.2) is 5.78 Å². The highest BCUT2D eigenvalue weighted by Gasteiger charge is 2.25. The minimum atomic E-state index is 0.301. The first kappa shape index (κ1) is 8.51. The van der Waals surface area contributed by atoms with Crippen molar-refractivity contribution in [2.45, 2.75) is 33.1 Å². The molecular weight excluding hydrogens is 136 g/mol. The Morgan fingerprint density at radius 2 is 2.27 bits per heavy atom. The zero-order chi connectivity index (χ0) is 8.27. The Morgan fingerprint density at radius 1 is 1.55 bits per heavy atom. The minimum Gasteiger partial charge on any atom is -0.295 e. The van der Waals surface area contributed by atoms with Crippen LogP contribution in [0.4, 0.5) is 0 Å². The number of unbranched alkanes of at least 4 members (excludes halogenated alkanes) is 1. The summed E-state index contributed by atoms with van der Waals surface area (Å²) >= 11 is 0. The number of hydrogen-bond donors (Lipinski definition) is 0. The van der Waals surface area contributed by atoms with E-state index in [0.717, 1.165) is 6.42 Å². The summed E-state index contributed by atoms with van der Waals surface area (Å²) in [6, 6.07) is 0. The molecule has 0 heterocycles. The van der Waals surface area contributed by atoms with Crippen molar-refractivity contribution in [2.75, 3.05) is 0 Å². The average molecular weight is 152 g/mol. The highest BCUT2D eigenvalue weighted by Crippen LogP contribution is 2.26. The molecule has 0 aromatic heterocycles. The van der Waals surface area contributed by atoms with Crippen molar-refractivity contribution < 1.29 is 4.79 Å². The molecule has 11 heavy (non-hydrogen) atoms. The maximum atomic E-state index is 11.2. The van der Waals surface area contributed by atoms with Crippen LogP contribution in [-0.4, -0.2) is 5.78 Å². The van der Waals surface area contributed by atoms with E-state index in [-0.39, 0.29) is 0 Å².